The average molecular weight is 711 g/mol. The van der Waals surface area contributed by atoms with Crippen LogP contribution >= 0.6 is 23.2 Å². The molecule has 0 aromatic heterocycles. The fraction of sp³-hybridized carbons (Fsp3) is 0.394. The van der Waals surface area contributed by atoms with E-state index < -0.39 is 28.5 Å². The lowest BCUT2D eigenvalue weighted by molar-refractivity contribution is -0.140. The number of nitrogens with zero attached hydrogens (tertiary/aromatic N) is 2. The number of sulfonamides is 1. The number of anilines is 1. The molecule has 11 nitrogen and oxygen atoms in total. The third kappa shape index (κ3) is 8.94. The van der Waals surface area contributed by atoms with Crippen molar-refractivity contribution in [3.05, 3.63) is 70.2 Å². The maximum absolute atomic E-state index is 14.5. The highest BCUT2D eigenvalue weighted by Gasteiger charge is 2.36. The Morgan fingerprint density at radius 3 is 2.06 bits per heavy atom. The van der Waals surface area contributed by atoms with Crippen molar-refractivity contribution in [3.8, 4) is 23.0 Å². The number of nitrogens with one attached hydrogen (secondary N) is 1. The lowest BCUT2D eigenvalue weighted by Gasteiger charge is -2.34. The molecule has 0 bridgehead atoms. The molecule has 0 unspecified atom stereocenters. The van der Waals surface area contributed by atoms with E-state index in [1.54, 1.807) is 25.1 Å². The minimum Gasteiger partial charge on any atom is -0.497 e. The average Bonchev–Trinajstić information content (AvgIpc) is 3.06. The van der Waals surface area contributed by atoms with Gasteiger partial charge >= 0.3 is 0 Å². The largest absolute Gasteiger partial charge is 0.497 e. The summed E-state index contributed by atoms with van der Waals surface area (Å²) < 4.78 is 51.5. The summed E-state index contributed by atoms with van der Waals surface area (Å²) in [6, 6.07) is 12.4. The zero-order valence-corrected chi connectivity index (χ0v) is 29.8. The van der Waals surface area contributed by atoms with Crippen LogP contribution in [-0.2, 0) is 26.2 Å². The maximum atomic E-state index is 14.5. The molecule has 0 saturated carbocycles. The molecule has 0 aliphatic rings. The van der Waals surface area contributed by atoms with Gasteiger partial charge in [0.25, 0.3) is 10.0 Å². The number of hydrogen-bond donors (Lipinski definition) is 1. The van der Waals surface area contributed by atoms with Crippen molar-refractivity contribution in [2.75, 3.05) is 39.3 Å². The van der Waals surface area contributed by atoms with Crippen LogP contribution in [0.4, 0.5) is 5.69 Å². The van der Waals surface area contributed by atoms with Gasteiger partial charge in [0, 0.05) is 34.8 Å². The molecule has 0 heterocycles. The van der Waals surface area contributed by atoms with Crippen molar-refractivity contribution < 1.29 is 37.0 Å². The number of carbonyl (C=O) groups is 2. The van der Waals surface area contributed by atoms with Crippen molar-refractivity contribution >= 4 is 50.7 Å². The number of ether oxygens (including phenoxy) is 4. The van der Waals surface area contributed by atoms with E-state index in [1.807, 2.05) is 13.8 Å². The minimum atomic E-state index is -4.49. The second-order valence-corrected chi connectivity index (χ2v) is 13.3. The molecule has 0 aliphatic carbocycles. The monoisotopic (exact) mass is 709 g/mol. The van der Waals surface area contributed by atoms with Gasteiger partial charge in [0.2, 0.25) is 11.8 Å². The SMILES string of the molecule is CC[C@H](C)NC(=O)[C@H](CC)N(Cc1ccc(Cl)cc1Cl)C(=O)CN(c1cc(OC)ccc1OC)S(=O)(=O)c1ccc(OC)c(OC)c1. The van der Waals surface area contributed by atoms with Crippen LogP contribution in [0.1, 0.15) is 39.2 Å². The predicted octanol–water partition coefficient (Wildman–Crippen LogP) is 5.95. The lowest BCUT2D eigenvalue weighted by Crippen LogP contribution is -2.53. The second kappa shape index (κ2) is 16.8. The zero-order valence-electron chi connectivity index (χ0n) is 27.5. The summed E-state index contributed by atoms with van der Waals surface area (Å²) in [4.78, 5) is 29.2. The number of methoxy groups -OCH3 is 4. The molecule has 2 amide bonds. The van der Waals surface area contributed by atoms with E-state index in [1.165, 1.54) is 69.7 Å². The van der Waals surface area contributed by atoms with Crippen molar-refractivity contribution in [2.45, 2.75) is 57.1 Å². The molecule has 47 heavy (non-hydrogen) atoms. The van der Waals surface area contributed by atoms with E-state index in [4.69, 9.17) is 42.1 Å². The van der Waals surface area contributed by atoms with Gasteiger partial charge in [-0.15, -0.1) is 0 Å². The normalized spacial score (nSPS) is 12.4. The molecular formula is C33H41Cl2N3O8S. The van der Waals surface area contributed by atoms with Crippen LogP contribution in [0.25, 0.3) is 0 Å². The first kappa shape index (κ1) is 37.6. The van der Waals surface area contributed by atoms with Crippen LogP contribution in [0.2, 0.25) is 10.0 Å². The smallest absolute Gasteiger partial charge is 0.265 e. The summed E-state index contributed by atoms with van der Waals surface area (Å²) >= 11 is 12.6. The van der Waals surface area contributed by atoms with Crippen LogP contribution in [0, 0.1) is 0 Å². The number of carbonyl (C=O) groups excluding carboxylic acids is 2. The Labute approximate surface area is 286 Å². The van der Waals surface area contributed by atoms with Crippen LogP contribution < -0.4 is 28.6 Å². The van der Waals surface area contributed by atoms with Crippen molar-refractivity contribution in [3.63, 3.8) is 0 Å². The summed E-state index contributed by atoms with van der Waals surface area (Å²) in [5.41, 5.74) is 0.559. The molecule has 3 rings (SSSR count). The molecule has 0 radical (unpaired) electrons. The van der Waals surface area contributed by atoms with E-state index in [0.717, 1.165) is 4.31 Å². The van der Waals surface area contributed by atoms with Gasteiger partial charge in [0.1, 0.15) is 24.1 Å². The molecule has 14 heteroatoms. The van der Waals surface area contributed by atoms with E-state index in [2.05, 4.69) is 5.32 Å². The Kier molecular flexibility index (Phi) is 13.4. The number of hydrogen-bond acceptors (Lipinski definition) is 8. The first-order valence-corrected chi connectivity index (χ1v) is 17.0. The Hall–Kier alpha value is -3.87. The van der Waals surface area contributed by atoms with E-state index in [0.29, 0.717) is 28.5 Å². The highest BCUT2D eigenvalue weighted by Crippen LogP contribution is 2.38. The Bertz CT molecular complexity index is 1670. The van der Waals surface area contributed by atoms with Crippen LogP contribution in [0.15, 0.2) is 59.5 Å². The fourth-order valence-corrected chi connectivity index (χ4v) is 6.70. The lowest BCUT2D eigenvalue weighted by atomic mass is 10.1. The third-order valence-corrected chi connectivity index (χ3v) is 9.96. The van der Waals surface area contributed by atoms with E-state index in [9.17, 15) is 18.0 Å². The van der Waals surface area contributed by atoms with Gasteiger partial charge in [0.05, 0.1) is 39.0 Å². The van der Waals surface area contributed by atoms with Gasteiger partial charge in [-0.2, -0.15) is 0 Å². The third-order valence-electron chi connectivity index (χ3n) is 7.62. The van der Waals surface area contributed by atoms with Crippen LogP contribution in [0.3, 0.4) is 0 Å². The zero-order chi connectivity index (χ0) is 34.9. The summed E-state index contributed by atoms with van der Waals surface area (Å²) in [6.07, 6.45) is 0.913. The number of rotatable bonds is 16. The standard InChI is InChI=1S/C33H41Cl2N3O8S/c1-8-21(3)36-33(40)27(9-2)37(19-22-10-11-23(34)16-26(22)35)32(39)20-38(28-17-24(43-4)12-14-29(28)44-5)47(41,42)25-13-15-30(45-6)31(18-25)46-7/h10-18,21,27H,8-9,19-20H2,1-7H3,(H,36,40)/t21-,27-/m0/s1. The Morgan fingerprint density at radius 1 is 0.830 bits per heavy atom. The molecule has 256 valence electrons. The van der Waals surface area contributed by atoms with E-state index in [-0.39, 0.29) is 52.0 Å². The van der Waals surface area contributed by atoms with Crippen molar-refractivity contribution in [1.82, 2.24) is 10.2 Å². The first-order valence-electron chi connectivity index (χ1n) is 14.9. The quantitative estimate of drug-likeness (QED) is 0.194. The molecule has 0 saturated heterocycles. The molecule has 1 N–H and O–H groups in total. The summed E-state index contributed by atoms with van der Waals surface area (Å²) in [6.45, 7) is 4.76. The van der Waals surface area contributed by atoms with Crippen LogP contribution in [0.5, 0.6) is 23.0 Å². The van der Waals surface area contributed by atoms with Gasteiger partial charge in [-0.1, -0.05) is 43.1 Å². The molecule has 3 aromatic carbocycles. The number of benzene rings is 3. The van der Waals surface area contributed by atoms with Crippen LogP contribution in [-0.4, -0.2) is 72.2 Å². The van der Waals surface area contributed by atoms with Gasteiger partial charge in [-0.05, 0) is 61.7 Å². The first-order chi connectivity index (χ1) is 22.3. The summed E-state index contributed by atoms with van der Waals surface area (Å²) in [5, 5.41) is 3.63. The van der Waals surface area contributed by atoms with E-state index >= 15 is 0 Å². The summed E-state index contributed by atoms with van der Waals surface area (Å²) in [5.74, 6) is -0.0764. The maximum Gasteiger partial charge on any atom is 0.265 e. The fourth-order valence-electron chi connectivity index (χ4n) is 4.80. The summed E-state index contributed by atoms with van der Waals surface area (Å²) in [7, 11) is 1.15. The number of amides is 2. The number of halogens is 2. The Balaban J connectivity index is 2.22. The van der Waals surface area contributed by atoms with Gasteiger partial charge < -0.3 is 29.2 Å². The minimum absolute atomic E-state index is 0.0385. The molecule has 0 spiro atoms. The molecule has 3 aromatic rings. The van der Waals surface area contributed by atoms with Gasteiger partial charge in [-0.25, -0.2) is 8.42 Å². The molecule has 2 atom stereocenters. The predicted molar refractivity (Wildman–Crippen MR) is 183 cm³/mol. The Morgan fingerprint density at radius 2 is 1.49 bits per heavy atom. The molecule has 0 aliphatic heterocycles. The highest BCUT2D eigenvalue weighted by atomic mass is 35.5. The van der Waals surface area contributed by atoms with Gasteiger partial charge in [-0.3, -0.25) is 13.9 Å². The van der Waals surface area contributed by atoms with Gasteiger partial charge in [0.15, 0.2) is 11.5 Å². The molecule has 0 fully saturated rings. The molecular weight excluding hydrogens is 669 g/mol. The topological polar surface area (TPSA) is 124 Å². The highest BCUT2D eigenvalue weighted by molar-refractivity contribution is 7.92. The van der Waals surface area contributed by atoms with Crippen molar-refractivity contribution in [1.29, 1.82) is 0 Å². The second-order valence-electron chi connectivity index (χ2n) is 10.6. The van der Waals surface area contributed by atoms with Crippen molar-refractivity contribution in [2.24, 2.45) is 0 Å².